The molecule has 1 amide bonds. The molecule has 3 unspecified atom stereocenters. The number of hydrogen-bond acceptors (Lipinski definition) is 4. The summed E-state index contributed by atoms with van der Waals surface area (Å²) in [5.41, 5.74) is 0. The van der Waals surface area contributed by atoms with Gasteiger partial charge in [-0.1, -0.05) is 0 Å². The zero-order valence-electron chi connectivity index (χ0n) is 12.5. The second kappa shape index (κ2) is 6.41. The molecule has 0 aliphatic carbocycles. The van der Waals surface area contributed by atoms with Gasteiger partial charge >= 0.3 is 0 Å². The summed E-state index contributed by atoms with van der Waals surface area (Å²) in [4.78, 5) is 17.3. The van der Waals surface area contributed by atoms with Crippen molar-refractivity contribution in [3.05, 3.63) is 0 Å². The molecule has 5 nitrogen and oxygen atoms in total. The third kappa shape index (κ3) is 3.00. The van der Waals surface area contributed by atoms with Crippen molar-refractivity contribution in [3.63, 3.8) is 0 Å². The van der Waals surface area contributed by atoms with Crippen molar-refractivity contribution < 1.29 is 9.53 Å². The van der Waals surface area contributed by atoms with Crippen LogP contribution < -0.4 is 5.32 Å². The van der Waals surface area contributed by atoms with E-state index in [1.807, 2.05) is 0 Å². The van der Waals surface area contributed by atoms with E-state index in [0.29, 0.717) is 6.04 Å². The highest BCUT2D eigenvalue weighted by atomic mass is 16.5. The van der Waals surface area contributed by atoms with E-state index in [4.69, 9.17) is 4.74 Å². The number of nitrogens with one attached hydrogen (secondary N) is 1. The average molecular weight is 281 g/mol. The van der Waals surface area contributed by atoms with Crippen molar-refractivity contribution in [2.24, 2.45) is 0 Å². The van der Waals surface area contributed by atoms with Crippen LogP contribution in [0.2, 0.25) is 0 Å². The Hall–Kier alpha value is -0.650. The molecular formula is C15H27N3O2. The summed E-state index contributed by atoms with van der Waals surface area (Å²) < 4.78 is 5.34. The first kappa shape index (κ1) is 14.3. The Balaban J connectivity index is 1.55. The number of nitrogens with zero attached hydrogens (tertiary/aromatic N) is 2. The van der Waals surface area contributed by atoms with Crippen LogP contribution >= 0.6 is 0 Å². The largest absolute Gasteiger partial charge is 0.380 e. The van der Waals surface area contributed by atoms with E-state index < -0.39 is 0 Å². The van der Waals surface area contributed by atoms with Gasteiger partial charge in [-0.3, -0.25) is 9.69 Å². The van der Waals surface area contributed by atoms with Gasteiger partial charge in [-0.2, -0.15) is 0 Å². The highest BCUT2D eigenvalue weighted by Gasteiger charge is 2.35. The van der Waals surface area contributed by atoms with Crippen molar-refractivity contribution in [3.8, 4) is 0 Å². The van der Waals surface area contributed by atoms with Crippen molar-refractivity contribution in [1.29, 1.82) is 0 Å². The number of hydrogen-bond donors (Lipinski definition) is 1. The number of piperidine rings is 1. The molecule has 3 aliphatic heterocycles. The lowest BCUT2D eigenvalue weighted by molar-refractivity contribution is -0.135. The highest BCUT2D eigenvalue weighted by molar-refractivity contribution is 5.82. The quantitative estimate of drug-likeness (QED) is 0.816. The van der Waals surface area contributed by atoms with Gasteiger partial charge in [-0.05, 0) is 45.2 Å². The van der Waals surface area contributed by atoms with Gasteiger partial charge in [0, 0.05) is 32.8 Å². The molecule has 20 heavy (non-hydrogen) atoms. The van der Waals surface area contributed by atoms with Crippen molar-refractivity contribution in [2.75, 3.05) is 39.8 Å². The fourth-order valence-corrected chi connectivity index (χ4v) is 3.85. The van der Waals surface area contributed by atoms with E-state index in [0.717, 1.165) is 32.5 Å². The number of carbonyl (C=O) groups excluding carboxylic acids is 1. The van der Waals surface area contributed by atoms with Crippen LogP contribution in [0.5, 0.6) is 0 Å². The molecule has 3 fully saturated rings. The minimum Gasteiger partial charge on any atom is -0.380 e. The molecule has 5 heteroatoms. The fraction of sp³-hybridized carbons (Fsp3) is 0.933. The summed E-state index contributed by atoms with van der Waals surface area (Å²) in [6.07, 6.45) is 6.06. The van der Waals surface area contributed by atoms with Crippen molar-refractivity contribution >= 4 is 5.91 Å². The molecule has 114 valence electrons. The molecule has 0 bridgehead atoms. The maximum absolute atomic E-state index is 12.6. The van der Waals surface area contributed by atoms with E-state index in [1.54, 1.807) is 7.11 Å². The van der Waals surface area contributed by atoms with Crippen LogP contribution in [-0.4, -0.2) is 73.7 Å². The molecule has 0 spiro atoms. The van der Waals surface area contributed by atoms with E-state index in [2.05, 4.69) is 15.1 Å². The van der Waals surface area contributed by atoms with Crippen LogP contribution in [0.15, 0.2) is 0 Å². The van der Waals surface area contributed by atoms with Crippen LogP contribution in [0, 0.1) is 0 Å². The van der Waals surface area contributed by atoms with E-state index in [1.165, 1.54) is 32.4 Å². The first-order chi connectivity index (χ1) is 9.78. The summed E-state index contributed by atoms with van der Waals surface area (Å²) in [5, 5.41) is 3.31. The number of amides is 1. The lowest BCUT2D eigenvalue weighted by Gasteiger charge is -2.38. The molecule has 0 aromatic carbocycles. The Morgan fingerprint density at radius 1 is 1.20 bits per heavy atom. The van der Waals surface area contributed by atoms with E-state index in [-0.39, 0.29) is 18.1 Å². The normalized spacial score (nSPS) is 35.6. The average Bonchev–Trinajstić information content (AvgIpc) is 3.17. The summed E-state index contributed by atoms with van der Waals surface area (Å²) in [6.45, 7) is 5.10. The summed E-state index contributed by atoms with van der Waals surface area (Å²) >= 11 is 0. The number of rotatable bonds is 3. The molecular weight excluding hydrogens is 254 g/mol. The molecule has 3 atom stereocenters. The van der Waals surface area contributed by atoms with Gasteiger partial charge in [0.25, 0.3) is 0 Å². The Labute approximate surface area is 121 Å². The number of likely N-dealkylation sites (tertiary alicyclic amines) is 2. The van der Waals surface area contributed by atoms with Gasteiger partial charge in [-0.15, -0.1) is 0 Å². The predicted molar refractivity (Wildman–Crippen MR) is 77.6 cm³/mol. The zero-order chi connectivity index (χ0) is 13.9. The third-order valence-corrected chi connectivity index (χ3v) is 5.09. The lowest BCUT2D eigenvalue weighted by Crippen LogP contribution is -2.52. The molecule has 3 heterocycles. The highest BCUT2D eigenvalue weighted by Crippen LogP contribution is 2.22. The maximum atomic E-state index is 12.6. The summed E-state index contributed by atoms with van der Waals surface area (Å²) in [5.74, 6) is 0.286. The van der Waals surface area contributed by atoms with Crippen molar-refractivity contribution in [1.82, 2.24) is 15.1 Å². The minimum atomic E-state index is -0.0303. The molecule has 3 aliphatic rings. The Bertz CT molecular complexity index is 344. The maximum Gasteiger partial charge on any atom is 0.239 e. The molecule has 0 aromatic heterocycles. The zero-order valence-corrected chi connectivity index (χ0v) is 12.5. The molecule has 3 saturated heterocycles. The Morgan fingerprint density at radius 2 is 2.00 bits per heavy atom. The summed E-state index contributed by atoms with van der Waals surface area (Å²) in [6, 6.07) is 0.562. The van der Waals surface area contributed by atoms with Gasteiger partial charge in [0.2, 0.25) is 5.91 Å². The van der Waals surface area contributed by atoms with Crippen LogP contribution in [0.3, 0.4) is 0 Å². The Kier molecular flexibility index (Phi) is 4.58. The molecule has 1 N–H and O–H groups in total. The summed E-state index contributed by atoms with van der Waals surface area (Å²) in [7, 11) is 1.73. The van der Waals surface area contributed by atoms with Gasteiger partial charge in [0.1, 0.15) is 0 Å². The minimum absolute atomic E-state index is 0.0303. The van der Waals surface area contributed by atoms with Crippen LogP contribution in [0.25, 0.3) is 0 Å². The van der Waals surface area contributed by atoms with Gasteiger partial charge in [0.15, 0.2) is 0 Å². The van der Waals surface area contributed by atoms with Crippen LogP contribution in [0.4, 0.5) is 0 Å². The number of ether oxygens (including phenoxy) is 1. The first-order valence-electron chi connectivity index (χ1n) is 8.07. The monoisotopic (exact) mass is 281 g/mol. The fourth-order valence-electron chi connectivity index (χ4n) is 3.85. The van der Waals surface area contributed by atoms with E-state index in [9.17, 15) is 4.79 Å². The van der Waals surface area contributed by atoms with Crippen molar-refractivity contribution in [2.45, 2.75) is 50.3 Å². The Morgan fingerprint density at radius 3 is 2.70 bits per heavy atom. The molecule has 0 aromatic rings. The molecule has 3 rings (SSSR count). The standard InChI is InChI=1S/C15H27N3O2/c1-20-13-9-14(16-10-13)15(19)18-8-4-5-12(11-18)17-6-2-3-7-17/h12-14,16H,2-11H2,1H3. The topological polar surface area (TPSA) is 44.8 Å². The number of carbonyl (C=O) groups is 1. The van der Waals surface area contributed by atoms with Gasteiger partial charge in [-0.25, -0.2) is 0 Å². The smallest absolute Gasteiger partial charge is 0.239 e. The molecule has 0 saturated carbocycles. The number of methoxy groups -OCH3 is 1. The van der Waals surface area contributed by atoms with E-state index >= 15 is 0 Å². The third-order valence-electron chi connectivity index (χ3n) is 5.09. The SMILES string of the molecule is COC1CNC(C(=O)N2CCCC(N3CCCC3)C2)C1. The van der Waals surface area contributed by atoms with Crippen LogP contribution in [-0.2, 0) is 9.53 Å². The van der Waals surface area contributed by atoms with Gasteiger partial charge in [0.05, 0.1) is 12.1 Å². The predicted octanol–water partition coefficient (Wildman–Crippen LogP) is 0.450. The molecule has 0 radical (unpaired) electrons. The van der Waals surface area contributed by atoms with Crippen LogP contribution in [0.1, 0.15) is 32.1 Å². The second-order valence-electron chi connectivity index (χ2n) is 6.38. The van der Waals surface area contributed by atoms with Gasteiger partial charge < -0.3 is 15.0 Å². The second-order valence-corrected chi connectivity index (χ2v) is 6.38. The first-order valence-corrected chi connectivity index (χ1v) is 8.07. The lowest BCUT2D eigenvalue weighted by atomic mass is 10.0.